The van der Waals surface area contributed by atoms with Crippen LogP contribution in [-0.4, -0.2) is 33.4 Å². The molecule has 0 atom stereocenters. The number of H-pyrrole nitrogens is 1. The fourth-order valence-corrected chi connectivity index (χ4v) is 3.12. The summed E-state index contributed by atoms with van der Waals surface area (Å²) in [6, 6.07) is 9.85. The van der Waals surface area contributed by atoms with Gasteiger partial charge in [0.15, 0.2) is 0 Å². The van der Waals surface area contributed by atoms with Crippen molar-refractivity contribution in [3.8, 4) is 0 Å². The first-order valence-corrected chi connectivity index (χ1v) is 9.85. The summed E-state index contributed by atoms with van der Waals surface area (Å²) in [7, 11) is 0. The largest absolute Gasteiger partial charge is 0.367 e. The number of nitrogens with one attached hydrogen (secondary N) is 4. The zero-order valence-electron chi connectivity index (χ0n) is 16.2. The van der Waals surface area contributed by atoms with Crippen LogP contribution in [0.2, 0.25) is 0 Å². The van der Waals surface area contributed by atoms with Gasteiger partial charge < -0.3 is 20.9 Å². The van der Waals surface area contributed by atoms with Gasteiger partial charge >= 0.3 is 0 Å². The van der Waals surface area contributed by atoms with E-state index in [1.807, 2.05) is 30.5 Å². The van der Waals surface area contributed by atoms with Crippen molar-refractivity contribution in [1.29, 1.82) is 0 Å². The molecule has 28 heavy (non-hydrogen) atoms. The zero-order valence-corrected chi connectivity index (χ0v) is 16.2. The number of hydrogen-bond donors (Lipinski definition) is 4. The summed E-state index contributed by atoms with van der Waals surface area (Å²) in [5.74, 6) is 1.67. The van der Waals surface area contributed by atoms with Crippen LogP contribution < -0.4 is 16.0 Å². The number of rotatable bonds is 7. The van der Waals surface area contributed by atoms with Crippen molar-refractivity contribution in [2.24, 2.45) is 5.92 Å². The molecule has 7 heteroatoms. The number of anilines is 3. The van der Waals surface area contributed by atoms with E-state index in [4.69, 9.17) is 0 Å². The minimum atomic E-state index is -0.0783. The molecule has 0 saturated heterocycles. The summed E-state index contributed by atoms with van der Waals surface area (Å²) >= 11 is 0. The predicted molar refractivity (Wildman–Crippen MR) is 112 cm³/mol. The molecule has 1 aliphatic rings. The Labute approximate surface area is 164 Å². The van der Waals surface area contributed by atoms with Crippen LogP contribution in [-0.2, 0) is 0 Å². The van der Waals surface area contributed by atoms with E-state index in [0.717, 1.165) is 22.5 Å². The Morgan fingerprint density at radius 2 is 2.11 bits per heavy atom. The minimum Gasteiger partial charge on any atom is -0.367 e. The van der Waals surface area contributed by atoms with Gasteiger partial charge in [-0.1, -0.05) is 19.9 Å². The fourth-order valence-electron chi connectivity index (χ4n) is 3.12. The van der Waals surface area contributed by atoms with E-state index in [2.05, 4.69) is 44.7 Å². The fraction of sp³-hybridized carbons (Fsp3) is 0.381. The zero-order chi connectivity index (χ0) is 19.5. The highest BCUT2D eigenvalue weighted by Gasteiger charge is 2.19. The lowest BCUT2D eigenvalue weighted by Crippen LogP contribution is -2.27. The summed E-state index contributed by atoms with van der Waals surface area (Å²) < 4.78 is 0. The van der Waals surface area contributed by atoms with Gasteiger partial charge in [-0.15, -0.1) is 0 Å². The third-order valence-electron chi connectivity index (χ3n) is 4.91. The van der Waals surface area contributed by atoms with Crippen LogP contribution in [0, 0.1) is 5.92 Å². The average Bonchev–Trinajstić information content (AvgIpc) is 3.11. The van der Waals surface area contributed by atoms with E-state index in [-0.39, 0.29) is 5.91 Å². The second-order valence-corrected chi connectivity index (χ2v) is 7.72. The van der Waals surface area contributed by atoms with Crippen LogP contribution in [0.15, 0.2) is 36.5 Å². The molecule has 0 bridgehead atoms. The molecule has 4 N–H and O–H groups in total. The molecule has 0 radical (unpaired) electrons. The molecule has 2 aromatic heterocycles. The van der Waals surface area contributed by atoms with Gasteiger partial charge in [0.1, 0.15) is 11.5 Å². The summed E-state index contributed by atoms with van der Waals surface area (Å²) in [6.45, 7) is 4.79. The molecule has 3 aromatic rings. The Morgan fingerprint density at radius 1 is 1.25 bits per heavy atom. The smallest absolute Gasteiger partial charge is 0.251 e. The third-order valence-corrected chi connectivity index (χ3v) is 4.91. The standard InChI is InChI=1S/C21H26N6O/c1-13(2)12-23-20(28)14-5-3-8-16(11-14)25-21-26-18-17(9-10-22-18)19(27-21)24-15-6-4-7-15/h3,5,8-11,13,15H,4,6-7,12H2,1-2H3,(H,23,28)(H3,22,24,25,26,27). The summed E-state index contributed by atoms with van der Waals surface area (Å²) in [5.41, 5.74) is 2.17. The van der Waals surface area contributed by atoms with Crippen molar-refractivity contribution in [2.75, 3.05) is 17.2 Å². The Hall–Kier alpha value is -3.09. The van der Waals surface area contributed by atoms with Crippen molar-refractivity contribution in [1.82, 2.24) is 20.3 Å². The Bertz CT molecular complexity index is 976. The van der Waals surface area contributed by atoms with Gasteiger partial charge in [-0.3, -0.25) is 4.79 Å². The third kappa shape index (κ3) is 4.08. The summed E-state index contributed by atoms with van der Waals surface area (Å²) in [5, 5.41) is 10.7. The van der Waals surface area contributed by atoms with Crippen molar-refractivity contribution >= 4 is 34.4 Å². The highest BCUT2D eigenvalue weighted by atomic mass is 16.1. The summed E-state index contributed by atoms with van der Waals surface area (Å²) in [6.07, 6.45) is 5.48. The van der Waals surface area contributed by atoms with E-state index < -0.39 is 0 Å². The maximum Gasteiger partial charge on any atom is 0.251 e. The van der Waals surface area contributed by atoms with Gasteiger partial charge in [0.05, 0.1) is 5.39 Å². The lowest BCUT2D eigenvalue weighted by molar-refractivity contribution is 0.0949. The molecule has 1 aromatic carbocycles. The van der Waals surface area contributed by atoms with E-state index in [0.29, 0.717) is 30.0 Å². The molecule has 0 spiro atoms. The van der Waals surface area contributed by atoms with Crippen LogP contribution >= 0.6 is 0 Å². The van der Waals surface area contributed by atoms with Gasteiger partial charge in [0.2, 0.25) is 5.95 Å². The van der Waals surface area contributed by atoms with Gasteiger partial charge in [-0.2, -0.15) is 9.97 Å². The van der Waals surface area contributed by atoms with E-state index in [1.165, 1.54) is 19.3 Å². The number of aromatic nitrogens is 3. The number of amides is 1. The molecule has 4 rings (SSSR count). The van der Waals surface area contributed by atoms with Crippen LogP contribution in [0.4, 0.5) is 17.5 Å². The Balaban J connectivity index is 1.54. The predicted octanol–water partition coefficient (Wildman–Crippen LogP) is 4.05. The number of benzene rings is 1. The number of nitrogens with zero attached hydrogens (tertiary/aromatic N) is 2. The molecule has 0 aliphatic heterocycles. The number of aromatic amines is 1. The first kappa shape index (κ1) is 18.3. The average molecular weight is 378 g/mol. The molecule has 146 valence electrons. The van der Waals surface area contributed by atoms with Crippen LogP contribution in [0.5, 0.6) is 0 Å². The molecule has 1 amide bonds. The van der Waals surface area contributed by atoms with Crippen molar-refractivity contribution in [3.63, 3.8) is 0 Å². The number of carbonyl (C=O) groups excluding carboxylic acids is 1. The van der Waals surface area contributed by atoms with Crippen molar-refractivity contribution in [3.05, 3.63) is 42.1 Å². The molecule has 1 fully saturated rings. The molecular formula is C21H26N6O. The monoisotopic (exact) mass is 378 g/mol. The van der Waals surface area contributed by atoms with Crippen LogP contribution in [0.3, 0.4) is 0 Å². The van der Waals surface area contributed by atoms with Gasteiger partial charge in [0.25, 0.3) is 5.91 Å². The minimum absolute atomic E-state index is 0.0783. The second-order valence-electron chi connectivity index (χ2n) is 7.72. The topological polar surface area (TPSA) is 94.7 Å². The van der Waals surface area contributed by atoms with E-state index in [1.54, 1.807) is 6.07 Å². The Morgan fingerprint density at radius 3 is 2.86 bits per heavy atom. The van der Waals surface area contributed by atoms with Crippen LogP contribution in [0.25, 0.3) is 11.0 Å². The van der Waals surface area contributed by atoms with E-state index in [9.17, 15) is 4.79 Å². The lowest BCUT2D eigenvalue weighted by Gasteiger charge is -2.27. The quantitative estimate of drug-likeness (QED) is 0.497. The highest BCUT2D eigenvalue weighted by molar-refractivity contribution is 5.95. The maximum atomic E-state index is 12.3. The molecule has 1 aliphatic carbocycles. The van der Waals surface area contributed by atoms with Crippen LogP contribution in [0.1, 0.15) is 43.5 Å². The lowest BCUT2D eigenvalue weighted by atomic mass is 9.93. The van der Waals surface area contributed by atoms with Crippen molar-refractivity contribution in [2.45, 2.75) is 39.2 Å². The SMILES string of the molecule is CC(C)CNC(=O)c1cccc(Nc2nc(NC3CCC3)c3cc[nH]c3n2)c1. The first-order valence-electron chi connectivity index (χ1n) is 9.85. The van der Waals surface area contributed by atoms with Gasteiger partial charge in [-0.05, 0) is 49.4 Å². The highest BCUT2D eigenvalue weighted by Crippen LogP contribution is 2.28. The van der Waals surface area contributed by atoms with Gasteiger partial charge in [0, 0.05) is 30.0 Å². The number of carbonyl (C=O) groups is 1. The maximum absolute atomic E-state index is 12.3. The molecule has 7 nitrogen and oxygen atoms in total. The summed E-state index contributed by atoms with van der Waals surface area (Å²) in [4.78, 5) is 24.7. The Kier molecular flexibility index (Phi) is 5.14. The van der Waals surface area contributed by atoms with Crippen molar-refractivity contribution < 1.29 is 4.79 Å². The second kappa shape index (κ2) is 7.88. The molecular weight excluding hydrogens is 352 g/mol. The number of fused-ring (bicyclic) bond motifs is 1. The van der Waals surface area contributed by atoms with E-state index >= 15 is 0 Å². The molecule has 2 heterocycles. The molecule has 0 unspecified atom stereocenters. The molecule has 1 saturated carbocycles. The van der Waals surface area contributed by atoms with Gasteiger partial charge in [-0.25, -0.2) is 0 Å². The number of hydrogen-bond acceptors (Lipinski definition) is 5. The first-order chi connectivity index (χ1) is 13.6. The normalized spacial score (nSPS) is 14.1.